The Morgan fingerprint density at radius 3 is 2.38 bits per heavy atom. The normalized spacial score (nSPS) is 11.2. The molecule has 6 nitrogen and oxygen atoms in total. The minimum absolute atomic E-state index is 0. The first-order valence-corrected chi connectivity index (χ1v) is 6.51. The second-order valence-corrected chi connectivity index (χ2v) is 4.28. The highest BCUT2D eigenvalue weighted by atomic mass is 35.5. The number of halogens is 1. The summed E-state index contributed by atoms with van der Waals surface area (Å²) in [7, 11) is 1.52. The van der Waals surface area contributed by atoms with Crippen LogP contribution in [0, 0.1) is 0 Å². The van der Waals surface area contributed by atoms with Gasteiger partial charge in [0.25, 0.3) is 5.91 Å². The first kappa shape index (κ1) is 19.4. The Morgan fingerprint density at radius 2 is 1.90 bits per heavy atom. The summed E-state index contributed by atoms with van der Waals surface area (Å²) in [6, 6.07) is 6.70. The van der Waals surface area contributed by atoms with Crippen LogP contribution in [0.1, 0.15) is 23.7 Å². The molecule has 0 radical (unpaired) electrons. The number of methoxy groups -OCH3 is 1. The second-order valence-electron chi connectivity index (χ2n) is 4.28. The van der Waals surface area contributed by atoms with E-state index < -0.39 is 0 Å². The summed E-state index contributed by atoms with van der Waals surface area (Å²) in [5.74, 6) is -0.305. The largest absolute Gasteiger partial charge is 0.380 e. The van der Waals surface area contributed by atoms with Crippen molar-refractivity contribution < 1.29 is 14.3 Å². The maximum Gasteiger partial charge on any atom is 0.251 e. The molecule has 4 N–H and O–H groups in total. The lowest BCUT2D eigenvalue weighted by Crippen LogP contribution is -2.28. The fourth-order valence-electron chi connectivity index (χ4n) is 1.65. The number of ether oxygens (including phenoxy) is 1. The van der Waals surface area contributed by atoms with Crippen LogP contribution in [0.3, 0.4) is 0 Å². The fraction of sp³-hybridized carbons (Fsp3) is 0.429. The summed E-state index contributed by atoms with van der Waals surface area (Å²) in [4.78, 5) is 23.3. The highest BCUT2D eigenvalue weighted by Gasteiger charge is 2.11. The fourth-order valence-corrected chi connectivity index (χ4v) is 1.65. The topological polar surface area (TPSA) is 93.5 Å². The van der Waals surface area contributed by atoms with E-state index in [0.717, 1.165) is 0 Å². The number of nitrogens with one attached hydrogen (secondary N) is 2. The Balaban J connectivity index is 0.00000400. The van der Waals surface area contributed by atoms with Gasteiger partial charge in [0.15, 0.2) is 0 Å². The molecule has 0 saturated heterocycles. The molecule has 0 saturated carbocycles. The van der Waals surface area contributed by atoms with Crippen molar-refractivity contribution in [3.63, 3.8) is 0 Å². The average Bonchev–Trinajstić information content (AvgIpc) is 2.45. The maximum absolute atomic E-state index is 11.7. The van der Waals surface area contributed by atoms with Gasteiger partial charge in [0.1, 0.15) is 0 Å². The lowest BCUT2D eigenvalue weighted by molar-refractivity contribution is -0.118. The Hall–Kier alpha value is -1.63. The van der Waals surface area contributed by atoms with Crippen LogP contribution in [-0.4, -0.2) is 38.1 Å². The van der Waals surface area contributed by atoms with Gasteiger partial charge in [-0.15, -0.1) is 12.4 Å². The Labute approximate surface area is 130 Å². The van der Waals surface area contributed by atoms with Gasteiger partial charge in [-0.05, 0) is 31.2 Å². The number of anilines is 1. The predicted molar refractivity (Wildman–Crippen MR) is 84.8 cm³/mol. The molecular formula is C14H22ClN3O3. The lowest BCUT2D eigenvalue weighted by atomic mass is 10.2. The molecular weight excluding hydrogens is 294 g/mol. The van der Waals surface area contributed by atoms with E-state index in [2.05, 4.69) is 10.6 Å². The van der Waals surface area contributed by atoms with Crippen LogP contribution in [0.25, 0.3) is 0 Å². The molecule has 0 bridgehead atoms. The average molecular weight is 316 g/mol. The monoisotopic (exact) mass is 315 g/mol. The zero-order chi connectivity index (χ0) is 15.0. The van der Waals surface area contributed by atoms with Gasteiger partial charge >= 0.3 is 0 Å². The molecule has 0 heterocycles. The van der Waals surface area contributed by atoms with Gasteiger partial charge in [0, 0.05) is 31.5 Å². The molecule has 1 aromatic rings. The molecule has 0 aliphatic rings. The van der Waals surface area contributed by atoms with E-state index in [4.69, 9.17) is 10.5 Å². The highest BCUT2D eigenvalue weighted by Crippen LogP contribution is 2.10. The van der Waals surface area contributed by atoms with Crippen LogP contribution in [0.4, 0.5) is 5.69 Å². The van der Waals surface area contributed by atoms with Crippen LogP contribution in [0.5, 0.6) is 0 Å². The number of hydrogen-bond acceptors (Lipinski definition) is 4. The molecule has 0 aliphatic carbocycles. The van der Waals surface area contributed by atoms with Crippen LogP contribution >= 0.6 is 12.4 Å². The summed E-state index contributed by atoms with van der Waals surface area (Å²) in [6.07, 6.45) is -0.0879. The molecule has 1 atom stereocenters. The van der Waals surface area contributed by atoms with Gasteiger partial charge in [-0.1, -0.05) is 0 Å². The van der Waals surface area contributed by atoms with Gasteiger partial charge < -0.3 is 21.1 Å². The molecule has 1 unspecified atom stereocenters. The van der Waals surface area contributed by atoms with Crippen LogP contribution in [0.15, 0.2) is 24.3 Å². The van der Waals surface area contributed by atoms with Gasteiger partial charge in [-0.2, -0.15) is 0 Å². The van der Waals surface area contributed by atoms with Crippen molar-refractivity contribution in [1.29, 1.82) is 0 Å². The van der Waals surface area contributed by atoms with Gasteiger partial charge in [-0.25, -0.2) is 0 Å². The Bertz CT molecular complexity index is 447. The third kappa shape index (κ3) is 6.57. The summed E-state index contributed by atoms with van der Waals surface area (Å²) in [5, 5.41) is 5.44. The number of nitrogens with two attached hydrogens (primary N) is 1. The standard InChI is InChI=1S/C14H21N3O3.ClH/c1-3-16-14(19)10-4-6-11(7-5-10)17-13(18)8-12(9-15)20-2;/h4-7,12H,3,8-9,15H2,1-2H3,(H,16,19)(H,17,18);1H. The summed E-state index contributed by atoms with van der Waals surface area (Å²) in [5.41, 5.74) is 6.65. The number of carbonyl (C=O) groups excluding carboxylic acids is 2. The van der Waals surface area contributed by atoms with E-state index in [-0.39, 0.29) is 36.7 Å². The lowest BCUT2D eigenvalue weighted by Gasteiger charge is -2.12. The molecule has 1 rings (SSSR count). The molecule has 2 amide bonds. The minimum Gasteiger partial charge on any atom is -0.380 e. The van der Waals surface area contributed by atoms with Gasteiger partial charge in [-0.3, -0.25) is 9.59 Å². The second kappa shape index (κ2) is 10.1. The molecule has 21 heavy (non-hydrogen) atoms. The number of carbonyl (C=O) groups is 2. The van der Waals surface area contributed by atoms with Gasteiger partial charge in [0.2, 0.25) is 5.91 Å². The molecule has 0 aromatic heterocycles. The third-order valence-electron chi connectivity index (χ3n) is 2.78. The first-order chi connectivity index (χ1) is 9.60. The first-order valence-electron chi connectivity index (χ1n) is 6.51. The van der Waals surface area contributed by atoms with Crippen molar-refractivity contribution in [3.05, 3.63) is 29.8 Å². The molecule has 0 aliphatic heterocycles. The summed E-state index contributed by atoms with van der Waals surface area (Å²) >= 11 is 0. The van der Waals surface area contributed by atoms with E-state index in [1.807, 2.05) is 6.92 Å². The molecule has 1 aromatic carbocycles. The maximum atomic E-state index is 11.7. The zero-order valence-electron chi connectivity index (χ0n) is 12.2. The van der Waals surface area contributed by atoms with Crippen molar-refractivity contribution in [2.24, 2.45) is 5.73 Å². The van der Waals surface area contributed by atoms with Crippen LogP contribution in [0.2, 0.25) is 0 Å². The van der Waals surface area contributed by atoms with Crippen molar-refractivity contribution in [3.8, 4) is 0 Å². The van der Waals surface area contributed by atoms with Crippen molar-refractivity contribution >= 4 is 29.9 Å². The van der Waals surface area contributed by atoms with Crippen molar-refractivity contribution in [1.82, 2.24) is 5.32 Å². The van der Waals surface area contributed by atoms with Crippen LogP contribution in [-0.2, 0) is 9.53 Å². The summed E-state index contributed by atoms with van der Waals surface area (Å²) in [6.45, 7) is 2.73. The SMILES string of the molecule is CCNC(=O)c1ccc(NC(=O)CC(CN)OC)cc1.Cl. The number of rotatable bonds is 7. The number of benzene rings is 1. The summed E-state index contributed by atoms with van der Waals surface area (Å²) < 4.78 is 5.05. The number of hydrogen-bond donors (Lipinski definition) is 3. The highest BCUT2D eigenvalue weighted by molar-refractivity contribution is 5.95. The number of amides is 2. The van der Waals surface area contributed by atoms with E-state index in [0.29, 0.717) is 24.3 Å². The molecule has 0 spiro atoms. The third-order valence-corrected chi connectivity index (χ3v) is 2.78. The van der Waals surface area contributed by atoms with Gasteiger partial charge in [0.05, 0.1) is 12.5 Å². The minimum atomic E-state index is -0.287. The molecule has 118 valence electrons. The smallest absolute Gasteiger partial charge is 0.251 e. The van der Waals surface area contributed by atoms with E-state index in [1.54, 1.807) is 24.3 Å². The van der Waals surface area contributed by atoms with Crippen molar-refractivity contribution in [2.45, 2.75) is 19.4 Å². The molecule has 0 fully saturated rings. The van der Waals surface area contributed by atoms with Crippen molar-refractivity contribution in [2.75, 3.05) is 25.5 Å². The van der Waals surface area contributed by atoms with Crippen LogP contribution < -0.4 is 16.4 Å². The predicted octanol–water partition coefficient (Wildman–Crippen LogP) is 1.16. The zero-order valence-corrected chi connectivity index (χ0v) is 13.0. The molecule has 7 heteroatoms. The quantitative estimate of drug-likeness (QED) is 0.704. The van der Waals surface area contributed by atoms with E-state index in [1.165, 1.54) is 7.11 Å². The Morgan fingerprint density at radius 1 is 1.29 bits per heavy atom. The Kier molecular flexibility index (Phi) is 9.36. The van der Waals surface area contributed by atoms with E-state index >= 15 is 0 Å². The van der Waals surface area contributed by atoms with E-state index in [9.17, 15) is 9.59 Å².